The Morgan fingerprint density at radius 1 is 1.56 bits per heavy atom. The van der Waals surface area contributed by atoms with E-state index in [1.54, 1.807) is 6.26 Å². The zero-order chi connectivity index (χ0) is 11.8. The van der Waals surface area contributed by atoms with Crippen LogP contribution in [-0.2, 0) is 6.54 Å². The molecule has 1 N–H and O–H groups in total. The number of rotatable bonds is 8. The molecule has 1 heterocycles. The molecule has 0 fully saturated rings. The summed E-state index contributed by atoms with van der Waals surface area (Å²) in [6, 6.07) is 4.47. The van der Waals surface area contributed by atoms with E-state index in [1.807, 2.05) is 23.9 Å². The van der Waals surface area contributed by atoms with Gasteiger partial charge in [-0.25, -0.2) is 0 Å². The molecule has 0 saturated heterocycles. The summed E-state index contributed by atoms with van der Waals surface area (Å²) < 4.78 is 5.26. The van der Waals surface area contributed by atoms with E-state index in [-0.39, 0.29) is 0 Å². The first-order valence-electron chi connectivity index (χ1n) is 5.66. The van der Waals surface area contributed by atoms with Crippen LogP contribution < -0.4 is 5.32 Å². The normalized spacial score (nSPS) is 13.2. The first kappa shape index (κ1) is 13.6. The van der Waals surface area contributed by atoms with Gasteiger partial charge >= 0.3 is 0 Å². The van der Waals surface area contributed by atoms with Crippen LogP contribution in [0, 0.1) is 0 Å². The summed E-state index contributed by atoms with van der Waals surface area (Å²) in [7, 11) is 2.18. The summed E-state index contributed by atoms with van der Waals surface area (Å²) in [5.41, 5.74) is 0. The van der Waals surface area contributed by atoms with E-state index < -0.39 is 0 Å². The molecule has 1 aromatic rings. The molecule has 16 heavy (non-hydrogen) atoms. The highest BCUT2D eigenvalue weighted by molar-refractivity contribution is 7.98. The Morgan fingerprint density at radius 3 is 3.00 bits per heavy atom. The predicted octanol–water partition coefficient (Wildman–Crippen LogP) is 2.05. The van der Waals surface area contributed by atoms with E-state index in [0.29, 0.717) is 6.04 Å². The Morgan fingerprint density at radius 2 is 2.38 bits per heavy atom. The Balaban J connectivity index is 2.11. The predicted molar refractivity (Wildman–Crippen MR) is 70.9 cm³/mol. The fourth-order valence-electron chi connectivity index (χ4n) is 1.43. The number of nitrogens with one attached hydrogen (secondary N) is 1. The Hall–Kier alpha value is -0.450. The largest absolute Gasteiger partial charge is 0.468 e. The lowest BCUT2D eigenvalue weighted by molar-refractivity contribution is 0.263. The van der Waals surface area contributed by atoms with Crippen molar-refractivity contribution in [1.82, 2.24) is 10.2 Å². The molecule has 0 aliphatic rings. The smallest absolute Gasteiger partial charge is 0.117 e. The van der Waals surface area contributed by atoms with Gasteiger partial charge in [-0.1, -0.05) is 0 Å². The number of hydrogen-bond acceptors (Lipinski definition) is 4. The molecule has 1 unspecified atom stereocenters. The standard InChI is InChI=1S/C12H22N2OS/c1-11(14(2)6-8-16-3)9-13-10-12-5-4-7-15-12/h4-5,7,11,13H,6,8-10H2,1-3H3. The summed E-state index contributed by atoms with van der Waals surface area (Å²) in [6.45, 7) is 5.19. The zero-order valence-corrected chi connectivity index (χ0v) is 11.2. The lowest BCUT2D eigenvalue weighted by atomic mass is 10.3. The monoisotopic (exact) mass is 242 g/mol. The van der Waals surface area contributed by atoms with Crippen LogP contribution in [0.4, 0.5) is 0 Å². The summed E-state index contributed by atoms with van der Waals surface area (Å²) >= 11 is 1.89. The van der Waals surface area contributed by atoms with Crippen LogP contribution in [0.2, 0.25) is 0 Å². The first-order valence-corrected chi connectivity index (χ1v) is 7.05. The third kappa shape index (κ3) is 5.05. The summed E-state index contributed by atoms with van der Waals surface area (Å²) in [5.74, 6) is 2.19. The number of hydrogen-bond donors (Lipinski definition) is 1. The van der Waals surface area contributed by atoms with Crippen LogP contribution in [0.25, 0.3) is 0 Å². The van der Waals surface area contributed by atoms with Gasteiger partial charge in [-0.2, -0.15) is 11.8 Å². The Labute approximate surface area is 103 Å². The van der Waals surface area contributed by atoms with Crippen molar-refractivity contribution in [2.24, 2.45) is 0 Å². The quantitative estimate of drug-likeness (QED) is 0.755. The third-order valence-electron chi connectivity index (χ3n) is 2.72. The van der Waals surface area contributed by atoms with Crippen molar-refractivity contribution in [2.75, 3.05) is 32.1 Å². The highest BCUT2D eigenvalue weighted by Crippen LogP contribution is 2.01. The summed E-state index contributed by atoms with van der Waals surface area (Å²) in [4.78, 5) is 2.38. The molecule has 0 bridgehead atoms. The van der Waals surface area contributed by atoms with Gasteiger partial charge in [0, 0.05) is 24.9 Å². The molecule has 92 valence electrons. The van der Waals surface area contributed by atoms with E-state index in [2.05, 4.69) is 30.4 Å². The van der Waals surface area contributed by atoms with Crippen LogP contribution in [0.3, 0.4) is 0 Å². The minimum Gasteiger partial charge on any atom is -0.468 e. The Bertz CT molecular complexity index is 264. The molecule has 0 amide bonds. The second kappa shape index (κ2) is 7.76. The molecular weight excluding hydrogens is 220 g/mol. The highest BCUT2D eigenvalue weighted by Gasteiger charge is 2.07. The molecule has 4 heteroatoms. The minimum atomic E-state index is 0.558. The number of furan rings is 1. The van der Waals surface area contributed by atoms with E-state index in [0.717, 1.165) is 25.4 Å². The van der Waals surface area contributed by atoms with Crippen molar-refractivity contribution in [1.29, 1.82) is 0 Å². The van der Waals surface area contributed by atoms with E-state index in [1.165, 1.54) is 5.75 Å². The first-order chi connectivity index (χ1) is 7.74. The second-order valence-electron chi connectivity index (χ2n) is 4.03. The number of likely N-dealkylation sites (N-methyl/N-ethyl adjacent to an activating group) is 1. The molecule has 1 atom stereocenters. The molecule has 3 nitrogen and oxygen atoms in total. The van der Waals surface area contributed by atoms with Crippen LogP contribution >= 0.6 is 11.8 Å². The molecule has 1 aromatic heterocycles. The second-order valence-corrected chi connectivity index (χ2v) is 5.02. The summed E-state index contributed by atoms with van der Waals surface area (Å²) in [6.07, 6.45) is 3.86. The van der Waals surface area contributed by atoms with Gasteiger partial charge in [0.15, 0.2) is 0 Å². The Kier molecular flexibility index (Phi) is 6.61. The van der Waals surface area contributed by atoms with E-state index in [9.17, 15) is 0 Å². The molecule has 0 aromatic carbocycles. The van der Waals surface area contributed by atoms with Gasteiger partial charge in [0.2, 0.25) is 0 Å². The van der Waals surface area contributed by atoms with Crippen molar-refractivity contribution in [2.45, 2.75) is 19.5 Å². The molecule has 0 aliphatic heterocycles. The topological polar surface area (TPSA) is 28.4 Å². The van der Waals surface area contributed by atoms with Gasteiger partial charge in [0.05, 0.1) is 12.8 Å². The molecule has 1 rings (SSSR count). The fourth-order valence-corrected chi connectivity index (χ4v) is 1.90. The van der Waals surface area contributed by atoms with Gasteiger partial charge in [-0.15, -0.1) is 0 Å². The lowest BCUT2D eigenvalue weighted by Crippen LogP contribution is -2.38. The average Bonchev–Trinajstić information content (AvgIpc) is 2.78. The van der Waals surface area contributed by atoms with Crippen molar-refractivity contribution >= 4 is 11.8 Å². The van der Waals surface area contributed by atoms with Crippen LogP contribution in [0.5, 0.6) is 0 Å². The maximum atomic E-state index is 5.26. The molecule has 0 aliphatic carbocycles. The van der Waals surface area contributed by atoms with E-state index >= 15 is 0 Å². The number of nitrogens with zero attached hydrogens (tertiary/aromatic N) is 1. The number of thioether (sulfide) groups is 1. The van der Waals surface area contributed by atoms with Gasteiger partial charge in [0.25, 0.3) is 0 Å². The van der Waals surface area contributed by atoms with Crippen molar-refractivity contribution < 1.29 is 4.42 Å². The SMILES string of the molecule is CSCCN(C)C(C)CNCc1ccco1. The van der Waals surface area contributed by atoms with Crippen LogP contribution in [-0.4, -0.2) is 43.1 Å². The van der Waals surface area contributed by atoms with Crippen LogP contribution in [0.1, 0.15) is 12.7 Å². The van der Waals surface area contributed by atoms with Crippen molar-refractivity contribution in [3.8, 4) is 0 Å². The van der Waals surface area contributed by atoms with Crippen molar-refractivity contribution in [3.05, 3.63) is 24.2 Å². The van der Waals surface area contributed by atoms with Gasteiger partial charge in [-0.05, 0) is 32.4 Å². The third-order valence-corrected chi connectivity index (χ3v) is 3.31. The summed E-state index contributed by atoms with van der Waals surface area (Å²) in [5, 5.41) is 3.40. The van der Waals surface area contributed by atoms with Crippen LogP contribution in [0.15, 0.2) is 22.8 Å². The zero-order valence-electron chi connectivity index (χ0n) is 10.4. The molecule has 0 saturated carbocycles. The molecular formula is C12H22N2OS. The van der Waals surface area contributed by atoms with Gasteiger partial charge in [-0.3, -0.25) is 0 Å². The highest BCUT2D eigenvalue weighted by atomic mass is 32.2. The van der Waals surface area contributed by atoms with E-state index in [4.69, 9.17) is 4.42 Å². The van der Waals surface area contributed by atoms with Gasteiger partial charge < -0.3 is 14.6 Å². The maximum absolute atomic E-state index is 5.26. The molecule has 0 radical (unpaired) electrons. The van der Waals surface area contributed by atoms with Crippen molar-refractivity contribution in [3.63, 3.8) is 0 Å². The average molecular weight is 242 g/mol. The lowest BCUT2D eigenvalue weighted by Gasteiger charge is -2.24. The van der Waals surface area contributed by atoms with Gasteiger partial charge in [0.1, 0.15) is 5.76 Å². The molecule has 0 spiro atoms. The minimum absolute atomic E-state index is 0.558. The maximum Gasteiger partial charge on any atom is 0.117 e. The fraction of sp³-hybridized carbons (Fsp3) is 0.667.